The summed E-state index contributed by atoms with van der Waals surface area (Å²) in [5, 5.41) is 9.96. The maximum absolute atomic E-state index is 12.6. The minimum absolute atomic E-state index is 0.0946. The third-order valence-corrected chi connectivity index (χ3v) is 4.30. The van der Waals surface area contributed by atoms with Crippen LogP contribution < -0.4 is 10.6 Å². The molecule has 140 valence electrons. The summed E-state index contributed by atoms with van der Waals surface area (Å²) < 4.78 is 45.3. The lowest BCUT2D eigenvalue weighted by atomic mass is 10.1. The van der Waals surface area contributed by atoms with Gasteiger partial charge in [-0.15, -0.1) is 0 Å². The Bertz CT molecular complexity index is 758. The van der Waals surface area contributed by atoms with Crippen molar-refractivity contribution in [3.63, 3.8) is 0 Å². The Hall–Kier alpha value is -2.39. The number of hydrogen-bond donors (Lipinski definition) is 2. The fraction of sp³-hybridized carbons (Fsp3) is 0.412. The lowest BCUT2D eigenvalue weighted by molar-refractivity contribution is -0.137. The van der Waals surface area contributed by atoms with Crippen LogP contribution >= 0.6 is 0 Å². The minimum atomic E-state index is -4.34. The molecule has 3 rings (SSSR count). The monoisotopic (exact) mass is 368 g/mol. The molecule has 2 heterocycles. The lowest BCUT2D eigenvalue weighted by Gasteiger charge is -2.20. The van der Waals surface area contributed by atoms with Gasteiger partial charge in [-0.05, 0) is 17.7 Å². The molecule has 2 aromatic rings. The van der Waals surface area contributed by atoms with Crippen LogP contribution in [0.5, 0.6) is 0 Å². The maximum Gasteiger partial charge on any atom is 0.416 e. The molecule has 26 heavy (non-hydrogen) atoms. The van der Waals surface area contributed by atoms with Crippen LogP contribution in [0.3, 0.4) is 0 Å². The minimum Gasteiger partial charge on any atom is -0.370 e. The number of nitrogens with one attached hydrogen (secondary N) is 2. The number of halogens is 3. The molecule has 1 aromatic heterocycles. The Labute approximate surface area is 148 Å². The maximum atomic E-state index is 12.6. The van der Waals surface area contributed by atoms with Crippen molar-refractivity contribution in [3.05, 3.63) is 53.3 Å². The molecule has 1 amide bonds. The number of rotatable bonds is 5. The molecule has 1 fully saturated rings. The quantitative estimate of drug-likeness (QED) is 0.847. The molecule has 0 saturated carbocycles. The summed E-state index contributed by atoms with van der Waals surface area (Å²) in [5.74, 6) is -0.218. The third kappa shape index (κ3) is 4.05. The van der Waals surface area contributed by atoms with Crippen molar-refractivity contribution in [3.8, 4) is 0 Å². The van der Waals surface area contributed by atoms with Gasteiger partial charge >= 0.3 is 6.18 Å². The van der Waals surface area contributed by atoms with Crippen LogP contribution in [0.15, 0.2) is 36.7 Å². The van der Waals surface area contributed by atoms with Crippen molar-refractivity contribution in [1.29, 1.82) is 0 Å². The topological polar surface area (TPSA) is 68.2 Å². The van der Waals surface area contributed by atoms with Gasteiger partial charge in [0, 0.05) is 26.3 Å². The van der Waals surface area contributed by atoms with Crippen LogP contribution in [0.2, 0.25) is 0 Å². The van der Waals surface area contributed by atoms with E-state index in [2.05, 4.69) is 15.7 Å². The second kappa shape index (κ2) is 7.46. The first-order valence-corrected chi connectivity index (χ1v) is 8.13. The number of benzene rings is 1. The summed E-state index contributed by atoms with van der Waals surface area (Å²) in [6, 6.07) is 4.83. The average molecular weight is 368 g/mol. The van der Waals surface area contributed by atoms with E-state index in [0.29, 0.717) is 24.2 Å². The van der Waals surface area contributed by atoms with Gasteiger partial charge < -0.3 is 15.4 Å². The Morgan fingerprint density at radius 2 is 2.08 bits per heavy atom. The highest BCUT2D eigenvalue weighted by Gasteiger charge is 2.31. The molecular weight excluding hydrogens is 349 g/mol. The molecule has 0 radical (unpaired) electrons. The summed E-state index contributed by atoms with van der Waals surface area (Å²) in [6.07, 6.45) is -1.40. The molecule has 0 aliphatic carbocycles. The second-order valence-electron chi connectivity index (χ2n) is 6.06. The van der Waals surface area contributed by atoms with Crippen molar-refractivity contribution in [1.82, 2.24) is 20.4 Å². The Morgan fingerprint density at radius 3 is 2.73 bits per heavy atom. The number of amides is 1. The van der Waals surface area contributed by atoms with Crippen LogP contribution in [0.4, 0.5) is 13.2 Å². The van der Waals surface area contributed by atoms with E-state index in [0.717, 1.165) is 12.1 Å². The first kappa shape index (κ1) is 18.4. The number of hydrogen-bond acceptors (Lipinski definition) is 4. The van der Waals surface area contributed by atoms with Gasteiger partial charge in [-0.1, -0.05) is 12.1 Å². The molecule has 1 aliphatic heterocycles. The van der Waals surface area contributed by atoms with E-state index in [4.69, 9.17) is 4.74 Å². The van der Waals surface area contributed by atoms with Crippen LogP contribution in [0, 0.1) is 0 Å². The molecule has 0 unspecified atom stereocenters. The molecule has 0 bridgehead atoms. The van der Waals surface area contributed by atoms with Gasteiger partial charge in [-0.3, -0.25) is 9.48 Å². The summed E-state index contributed by atoms with van der Waals surface area (Å²) in [5.41, 5.74) is 0.441. The van der Waals surface area contributed by atoms with Gasteiger partial charge in [0.1, 0.15) is 0 Å². The highest BCUT2D eigenvalue weighted by molar-refractivity contribution is 5.93. The zero-order valence-corrected chi connectivity index (χ0v) is 14.1. The van der Waals surface area contributed by atoms with E-state index in [1.165, 1.54) is 18.3 Å². The number of carbonyl (C=O) groups is 1. The van der Waals surface area contributed by atoms with Crippen molar-refractivity contribution in [2.75, 3.05) is 20.1 Å². The number of carbonyl (C=O) groups excluding carboxylic acids is 1. The predicted molar refractivity (Wildman–Crippen MR) is 87.5 cm³/mol. The number of aromatic nitrogens is 2. The average Bonchev–Trinajstić information content (AvgIpc) is 3.27. The van der Waals surface area contributed by atoms with E-state index >= 15 is 0 Å². The fourth-order valence-electron chi connectivity index (χ4n) is 2.85. The molecule has 1 aliphatic rings. The number of nitrogens with zero attached hydrogens (tertiary/aromatic N) is 2. The summed E-state index contributed by atoms with van der Waals surface area (Å²) >= 11 is 0. The molecule has 1 aromatic carbocycles. The summed E-state index contributed by atoms with van der Waals surface area (Å²) in [4.78, 5) is 11.6. The highest BCUT2D eigenvalue weighted by Crippen LogP contribution is 2.29. The molecular formula is C17H19F3N4O2. The van der Waals surface area contributed by atoms with Crippen molar-refractivity contribution >= 4 is 5.91 Å². The third-order valence-electron chi connectivity index (χ3n) is 4.30. The van der Waals surface area contributed by atoms with Gasteiger partial charge in [0.15, 0.2) is 0 Å². The number of alkyl halides is 3. The van der Waals surface area contributed by atoms with E-state index in [1.807, 2.05) is 0 Å². The van der Waals surface area contributed by atoms with Gasteiger partial charge in [0.2, 0.25) is 0 Å². The first-order valence-electron chi connectivity index (χ1n) is 8.13. The van der Waals surface area contributed by atoms with E-state index in [1.54, 1.807) is 17.9 Å². The zero-order valence-electron chi connectivity index (χ0n) is 14.1. The van der Waals surface area contributed by atoms with E-state index < -0.39 is 11.7 Å². The normalized spacial score (nSPS) is 20.3. The Balaban J connectivity index is 1.62. The van der Waals surface area contributed by atoms with Crippen LogP contribution in [0.25, 0.3) is 0 Å². The SMILES string of the molecule is CNC(=O)c1cnn([C@@H]2CNC[C@H]2OCc2ccc(C(F)(F)F)cc2)c1. The molecule has 2 atom stereocenters. The molecule has 6 nitrogen and oxygen atoms in total. The van der Waals surface area contributed by atoms with Crippen molar-refractivity contribution in [2.24, 2.45) is 0 Å². The Kier molecular flexibility index (Phi) is 5.28. The van der Waals surface area contributed by atoms with Crippen LogP contribution in [-0.2, 0) is 17.5 Å². The fourth-order valence-corrected chi connectivity index (χ4v) is 2.85. The van der Waals surface area contributed by atoms with Crippen LogP contribution in [0.1, 0.15) is 27.5 Å². The van der Waals surface area contributed by atoms with Gasteiger partial charge in [-0.25, -0.2) is 0 Å². The van der Waals surface area contributed by atoms with Gasteiger partial charge in [-0.2, -0.15) is 18.3 Å². The number of ether oxygens (including phenoxy) is 1. The molecule has 9 heteroatoms. The van der Waals surface area contributed by atoms with E-state index in [9.17, 15) is 18.0 Å². The standard InChI is InChI=1S/C17H19F3N4O2/c1-21-16(25)12-6-23-24(9-12)14-7-22-8-15(14)26-10-11-2-4-13(5-3-11)17(18,19)20/h2-6,9,14-15,22H,7-8,10H2,1H3,(H,21,25)/t14-,15-/m1/s1. The molecule has 0 spiro atoms. The summed E-state index contributed by atoms with van der Waals surface area (Å²) in [7, 11) is 1.55. The van der Waals surface area contributed by atoms with Crippen LogP contribution in [-0.4, -0.2) is 41.9 Å². The first-order chi connectivity index (χ1) is 12.4. The van der Waals surface area contributed by atoms with Crippen molar-refractivity contribution < 1.29 is 22.7 Å². The summed E-state index contributed by atoms with van der Waals surface area (Å²) in [6.45, 7) is 1.43. The molecule has 2 N–H and O–H groups in total. The van der Waals surface area contributed by atoms with Crippen molar-refractivity contribution in [2.45, 2.75) is 24.9 Å². The zero-order chi connectivity index (χ0) is 18.7. The second-order valence-corrected chi connectivity index (χ2v) is 6.06. The van der Waals surface area contributed by atoms with Gasteiger partial charge in [0.05, 0.1) is 36.1 Å². The largest absolute Gasteiger partial charge is 0.416 e. The van der Waals surface area contributed by atoms with Gasteiger partial charge in [0.25, 0.3) is 5.91 Å². The molecule has 1 saturated heterocycles. The van der Waals surface area contributed by atoms with E-state index in [-0.39, 0.29) is 24.7 Å². The predicted octanol–water partition coefficient (Wildman–Crippen LogP) is 1.99. The lowest BCUT2D eigenvalue weighted by Crippen LogP contribution is -2.26. The Morgan fingerprint density at radius 1 is 1.35 bits per heavy atom. The highest BCUT2D eigenvalue weighted by atomic mass is 19.4. The smallest absolute Gasteiger partial charge is 0.370 e.